The predicted octanol–water partition coefficient (Wildman–Crippen LogP) is 0.109. The van der Waals surface area contributed by atoms with Gasteiger partial charge in [0.25, 0.3) is 5.91 Å². The van der Waals surface area contributed by atoms with Gasteiger partial charge in [0.15, 0.2) is 5.60 Å². The van der Waals surface area contributed by atoms with Gasteiger partial charge in [-0.1, -0.05) is 30.3 Å². The maximum absolute atomic E-state index is 11.1. The Morgan fingerprint density at radius 2 is 2.12 bits per heavy atom. The van der Waals surface area contributed by atoms with Crippen molar-refractivity contribution < 1.29 is 9.90 Å². The zero-order valence-corrected chi connectivity index (χ0v) is 9.10. The van der Waals surface area contributed by atoms with Gasteiger partial charge in [0.2, 0.25) is 0 Å². The monoisotopic (exact) mass is 220 g/mol. The number of aliphatic hydroxyl groups is 1. The molecule has 3 N–H and O–H groups in total. The van der Waals surface area contributed by atoms with Crippen molar-refractivity contribution >= 4 is 5.91 Å². The summed E-state index contributed by atoms with van der Waals surface area (Å²) in [5.41, 5.74) is 5.01. The normalized spacial score (nSPS) is 25.8. The first kappa shape index (κ1) is 11.1. The van der Waals surface area contributed by atoms with Crippen molar-refractivity contribution in [3.05, 3.63) is 35.9 Å². The minimum Gasteiger partial charge on any atom is -0.379 e. The third-order valence-corrected chi connectivity index (χ3v) is 3.03. The van der Waals surface area contributed by atoms with Crippen molar-refractivity contribution in [3.8, 4) is 0 Å². The van der Waals surface area contributed by atoms with E-state index in [1.54, 1.807) is 0 Å². The molecule has 0 aromatic heterocycles. The fourth-order valence-electron chi connectivity index (χ4n) is 2.05. The highest BCUT2D eigenvalue weighted by molar-refractivity contribution is 5.83. The molecule has 1 amide bonds. The summed E-state index contributed by atoms with van der Waals surface area (Å²) in [5, 5.41) is 9.90. The van der Waals surface area contributed by atoms with E-state index in [2.05, 4.69) is 0 Å². The molecule has 1 atom stereocenters. The van der Waals surface area contributed by atoms with Gasteiger partial charge in [0.05, 0.1) is 0 Å². The molecule has 0 bridgehead atoms. The van der Waals surface area contributed by atoms with Crippen molar-refractivity contribution in [2.75, 3.05) is 13.1 Å². The van der Waals surface area contributed by atoms with Crippen LogP contribution in [-0.2, 0) is 11.3 Å². The number of nitrogens with zero attached hydrogens (tertiary/aromatic N) is 1. The number of carbonyl (C=O) groups is 1. The molecular weight excluding hydrogens is 204 g/mol. The molecule has 1 fully saturated rings. The lowest BCUT2D eigenvalue weighted by Gasteiger charge is -2.19. The fraction of sp³-hybridized carbons (Fsp3) is 0.417. The first-order chi connectivity index (χ1) is 7.60. The first-order valence-electron chi connectivity index (χ1n) is 5.39. The third-order valence-electron chi connectivity index (χ3n) is 3.03. The van der Waals surface area contributed by atoms with Gasteiger partial charge in [-0.2, -0.15) is 0 Å². The lowest BCUT2D eigenvalue weighted by Crippen LogP contribution is -2.45. The van der Waals surface area contributed by atoms with Crippen LogP contribution in [0.3, 0.4) is 0 Å². The van der Waals surface area contributed by atoms with Crippen LogP contribution in [0.2, 0.25) is 0 Å². The second kappa shape index (κ2) is 4.23. The van der Waals surface area contributed by atoms with Gasteiger partial charge in [0, 0.05) is 19.6 Å². The molecule has 1 heterocycles. The Morgan fingerprint density at radius 3 is 2.69 bits per heavy atom. The van der Waals surface area contributed by atoms with E-state index in [9.17, 15) is 9.90 Å². The van der Waals surface area contributed by atoms with Crippen LogP contribution >= 0.6 is 0 Å². The zero-order valence-electron chi connectivity index (χ0n) is 9.10. The average molecular weight is 220 g/mol. The number of amides is 1. The second-order valence-corrected chi connectivity index (χ2v) is 4.34. The zero-order chi connectivity index (χ0) is 11.6. The predicted molar refractivity (Wildman–Crippen MR) is 60.5 cm³/mol. The van der Waals surface area contributed by atoms with E-state index in [4.69, 9.17) is 5.73 Å². The topological polar surface area (TPSA) is 66.6 Å². The largest absolute Gasteiger partial charge is 0.379 e. The first-order valence-corrected chi connectivity index (χ1v) is 5.39. The molecule has 1 unspecified atom stereocenters. The lowest BCUT2D eigenvalue weighted by atomic mass is 10.0. The lowest BCUT2D eigenvalue weighted by molar-refractivity contribution is -0.134. The highest BCUT2D eigenvalue weighted by atomic mass is 16.3. The van der Waals surface area contributed by atoms with Gasteiger partial charge in [-0.3, -0.25) is 9.69 Å². The molecule has 1 aromatic rings. The number of β-amino-alcohol motifs (C(OH)–C–C–N with tert-alkyl or cyclic N) is 1. The average Bonchev–Trinajstić information content (AvgIpc) is 2.63. The summed E-state index contributed by atoms with van der Waals surface area (Å²) in [6.45, 7) is 1.78. The van der Waals surface area contributed by atoms with Crippen LogP contribution in [0.5, 0.6) is 0 Å². The Morgan fingerprint density at radius 1 is 1.44 bits per heavy atom. The quantitative estimate of drug-likeness (QED) is 0.759. The number of hydrogen-bond donors (Lipinski definition) is 2. The van der Waals surface area contributed by atoms with E-state index in [-0.39, 0.29) is 0 Å². The van der Waals surface area contributed by atoms with Crippen LogP contribution in [0.1, 0.15) is 12.0 Å². The molecular formula is C12H16N2O2. The minimum atomic E-state index is -1.34. The maximum Gasteiger partial charge on any atom is 0.250 e. The van der Waals surface area contributed by atoms with Crippen LogP contribution in [0, 0.1) is 0 Å². The van der Waals surface area contributed by atoms with E-state index in [1.807, 2.05) is 35.2 Å². The molecule has 2 rings (SSSR count). The van der Waals surface area contributed by atoms with E-state index < -0.39 is 11.5 Å². The molecule has 0 aliphatic carbocycles. The Bertz CT molecular complexity index is 380. The molecule has 16 heavy (non-hydrogen) atoms. The Balaban J connectivity index is 1.98. The molecule has 1 aliphatic heterocycles. The highest BCUT2D eigenvalue weighted by Crippen LogP contribution is 2.22. The molecule has 86 valence electrons. The van der Waals surface area contributed by atoms with E-state index in [1.165, 1.54) is 5.56 Å². The highest BCUT2D eigenvalue weighted by Gasteiger charge is 2.40. The molecule has 0 spiro atoms. The molecule has 4 heteroatoms. The number of hydrogen-bond acceptors (Lipinski definition) is 3. The van der Waals surface area contributed by atoms with Crippen LogP contribution in [0.15, 0.2) is 30.3 Å². The Kier molecular flexibility index (Phi) is 2.94. The van der Waals surface area contributed by atoms with Gasteiger partial charge in [0.1, 0.15) is 0 Å². The van der Waals surface area contributed by atoms with Crippen LogP contribution in [-0.4, -0.2) is 34.6 Å². The van der Waals surface area contributed by atoms with Gasteiger partial charge in [-0.15, -0.1) is 0 Å². The summed E-state index contributed by atoms with van der Waals surface area (Å²) < 4.78 is 0. The van der Waals surface area contributed by atoms with Crippen molar-refractivity contribution in [2.24, 2.45) is 5.73 Å². The van der Waals surface area contributed by atoms with E-state index >= 15 is 0 Å². The van der Waals surface area contributed by atoms with Crippen molar-refractivity contribution in [3.63, 3.8) is 0 Å². The SMILES string of the molecule is NC(=O)C1(O)CCN(Cc2ccccc2)C1. The number of benzene rings is 1. The summed E-state index contributed by atoms with van der Waals surface area (Å²) >= 11 is 0. The Hall–Kier alpha value is -1.39. The van der Waals surface area contributed by atoms with Crippen LogP contribution < -0.4 is 5.73 Å². The second-order valence-electron chi connectivity index (χ2n) is 4.34. The van der Waals surface area contributed by atoms with Crippen LogP contribution in [0.4, 0.5) is 0 Å². The molecule has 4 nitrogen and oxygen atoms in total. The van der Waals surface area contributed by atoms with Gasteiger partial charge >= 0.3 is 0 Å². The number of carbonyl (C=O) groups excluding carboxylic acids is 1. The summed E-state index contributed by atoms with van der Waals surface area (Å²) in [6.07, 6.45) is 0.426. The number of rotatable bonds is 3. The van der Waals surface area contributed by atoms with E-state index in [0.717, 1.165) is 6.54 Å². The third kappa shape index (κ3) is 2.23. The molecule has 0 radical (unpaired) electrons. The van der Waals surface area contributed by atoms with Gasteiger partial charge < -0.3 is 10.8 Å². The van der Waals surface area contributed by atoms with Crippen molar-refractivity contribution in [1.29, 1.82) is 0 Å². The summed E-state index contributed by atoms with van der Waals surface area (Å²) in [5.74, 6) is -0.622. The van der Waals surface area contributed by atoms with Crippen molar-refractivity contribution in [2.45, 2.75) is 18.6 Å². The van der Waals surface area contributed by atoms with Crippen LogP contribution in [0.25, 0.3) is 0 Å². The minimum absolute atomic E-state index is 0.331. The summed E-state index contributed by atoms with van der Waals surface area (Å²) in [7, 11) is 0. The van der Waals surface area contributed by atoms with Gasteiger partial charge in [-0.25, -0.2) is 0 Å². The summed E-state index contributed by atoms with van der Waals surface area (Å²) in [6, 6.07) is 9.98. The van der Waals surface area contributed by atoms with Crippen molar-refractivity contribution in [1.82, 2.24) is 4.90 Å². The molecule has 0 saturated carbocycles. The number of nitrogens with two attached hydrogens (primary N) is 1. The number of primary amides is 1. The standard InChI is InChI=1S/C12H16N2O2/c13-11(15)12(16)6-7-14(9-12)8-10-4-2-1-3-5-10/h1-5,16H,6-9H2,(H2,13,15). The number of likely N-dealkylation sites (tertiary alicyclic amines) is 1. The summed E-state index contributed by atoms with van der Waals surface area (Å²) in [4.78, 5) is 13.1. The molecule has 1 saturated heterocycles. The Labute approximate surface area is 94.7 Å². The molecule has 1 aromatic carbocycles. The molecule has 1 aliphatic rings. The van der Waals surface area contributed by atoms with E-state index in [0.29, 0.717) is 19.5 Å². The fourth-order valence-corrected chi connectivity index (χ4v) is 2.05. The van der Waals surface area contributed by atoms with Gasteiger partial charge in [-0.05, 0) is 12.0 Å². The smallest absolute Gasteiger partial charge is 0.250 e. The maximum atomic E-state index is 11.1.